The number of allylic oxidation sites excluding steroid dienone is 1. The average Bonchev–Trinajstić information content (AvgIpc) is 2.82. The summed E-state index contributed by atoms with van der Waals surface area (Å²) in [5, 5.41) is 14.8. The van der Waals surface area contributed by atoms with Gasteiger partial charge in [0.25, 0.3) is 0 Å². The van der Waals surface area contributed by atoms with E-state index in [2.05, 4.69) is 10.6 Å². The Morgan fingerprint density at radius 1 is 1.18 bits per heavy atom. The molecule has 0 unspecified atom stereocenters. The van der Waals surface area contributed by atoms with Crippen LogP contribution in [-0.2, 0) is 25.3 Å². The van der Waals surface area contributed by atoms with Gasteiger partial charge in [0.05, 0.1) is 35.1 Å². The molecule has 176 valence electrons. The van der Waals surface area contributed by atoms with Crippen LogP contribution >= 0.6 is 11.8 Å². The minimum Gasteiger partial charge on any atom is -0.468 e. The highest BCUT2D eigenvalue weighted by molar-refractivity contribution is 8.03. The number of ether oxygens (including phenoxy) is 1. The number of halogens is 3. The van der Waals surface area contributed by atoms with E-state index >= 15 is 0 Å². The van der Waals surface area contributed by atoms with Crippen LogP contribution in [0, 0.1) is 17.2 Å². The van der Waals surface area contributed by atoms with Crippen molar-refractivity contribution < 1.29 is 32.3 Å². The van der Waals surface area contributed by atoms with Crippen molar-refractivity contribution in [2.45, 2.75) is 12.1 Å². The van der Waals surface area contributed by atoms with Gasteiger partial charge >= 0.3 is 12.1 Å². The number of amides is 2. The van der Waals surface area contributed by atoms with Crippen molar-refractivity contribution >= 4 is 35.2 Å². The lowest BCUT2D eigenvalue weighted by molar-refractivity contribution is -0.150. The number of carbonyl (C=O) groups is 3. The topological polar surface area (TPSA) is 108 Å². The highest BCUT2D eigenvalue weighted by atomic mass is 32.2. The Morgan fingerprint density at radius 2 is 1.88 bits per heavy atom. The third-order valence-electron chi connectivity index (χ3n) is 4.96. The summed E-state index contributed by atoms with van der Waals surface area (Å²) in [6.45, 7) is 0. The minimum absolute atomic E-state index is 0.0458. The maximum atomic E-state index is 12.9. The molecule has 0 fully saturated rings. The van der Waals surface area contributed by atoms with Gasteiger partial charge in [-0.2, -0.15) is 18.4 Å². The summed E-state index contributed by atoms with van der Waals surface area (Å²) in [7, 11) is 1.13. The van der Waals surface area contributed by atoms with Gasteiger partial charge in [-0.15, -0.1) is 0 Å². The van der Waals surface area contributed by atoms with Crippen molar-refractivity contribution in [3.05, 3.63) is 76.3 Å². The van der Waals surface area contributed by atoms with E-state index in [-0.39, 0.29) is 22.0 Å². The van der Waals surface area contributed by atoms with Crippen LogP contribution < -0.4 is 10.6 Å². The lowest BCUT2D eigenvalue weighted by atomic mass is 9.78. The van der Waals surface area contributed by atoms with E-state index in [0.717, 1.165) is 31.0 Å². The van der Waals surface area contributed by atoms with Gasteiger partial charge in [0.1, 0.15) is 5.92 Å². The number of nitrogens with one attached hydrogen (secondary N) is 2. The summed E-state index contributed by atoms with van der Waals surface area (Å²) >= 11 is 0.829. The fourth-order valence-corrected chi connectivity index (χ4v) is 4.30. The molecule has 0 saturated carbocycles. The number of nitriles is 1. The summed E-state index contributed by atoms with van der Waals surface area (Å²) in [6.07, 6.45) is -4.56. The van der Waals surface area contributed by atoms with Crippen LogP contribution in [0.4, 0.5) is 18.9 Å². The smallest absolute Gasteiger partial charge is 0.416 e. The van der Waals surface area contributed by atoms with Crippen LogP contribution in [0.15, 0.2) is 65.2 Å². The van der Waals surface area contributed by atoms with E-state index in [4.69, 9.17) is 4.74 Å². The molecule has 1 aliphatic heterocycles. The quantitative estimate of drug-likeness (QED) is 0.472. The Kier molecular flexibility index (Phi) is 7.63. The molecule has 0 bridgehead atoms. The molecule has 0 spiro atoms. The molecule has 0 saturated heterocycles. The molecule has 11 heteroatoms. The van der Waals surface area contributed by atoms with Crippen molar-refractivity contribution in [3.63, 3.8) is 0 Å². The number of anilines is 1. The highest BCUT2D eigenvalue weighted by Crippen LogP contribution is 2.40. The second-order valence-corrected chi connectivity index (χ2v) is 8.13. The molecule has 0 radical (unpaired) electrons. The number of methoxy groups -OCH3 is 1. The highest BCUT2D eigenvalue weighted by Gasteiger charge is 2.44. The Labute approximate surface area is 197 Å². The van der Waals surface area contributed by atoms with Crippen LogP contribution in [0.1, 0.15) is 17.0 Å². The minimum atomic E-state index is -4.56. The number of carbonyl (C=O) groups excluding carboxylic acids is 3. The number of nitrogens with zero attached hydrogens (tertiary/aromatic N) is 1. The molecule has 2 aromatic carbocycles. The molecule has 1 heterocycles. The Hall–Kier alpha value is -3.78. The molecule has 3 rings (SSSR count). The van der Waals surface area contributed by atoms with Crippen LogP contribution in [0.2, 0.25) is 0 Å². The first-order chi connectivity index (χ1) is 16.2. The third-order valence-corrected chi connectivity index (χ3v) is 5.98. The van der Waals surface area contributed by atoms with Gasteiger partial charge in [-0.05, 0) is 23.8 Å². The monoisotopic (exact) mass is 489 g/mol. The number of esters is 1. The Balaban J connectivity index is 1.83. The van der Waals surface area contributed by atoms with E-state index in [1.807, 2.05) is 6.07 Å². The summed E-state index contributed by atoms with van der Waals surface area (Å²) in [6, 6.07) is 14.6. The molecule has 0 aromatic heterocycles. The summed E-state index contributed by atoms with van der Waals surface area (Å²) in [5.74, 6) is -4.69. The number of benzene rings is 2. The van der Waals surface area contributed by atoms with E-state index in [9.17, 15) is 32.8 Å². The molecule has 2 amide bonds. The van der Waals surface area contributed by atoms with Crippen molar-refractivity contribution in [1.82, 2.24) is 5.32 Å². The standard InChI is InChI=1S/C23H18F3N3O4S/c1-33-22(32)19-18(13-6-3-2-4-7-13)16(11-27)21(29-20(19)31)34-12-17(30)28-15-9-5-8-14(10-15)23(24,25)26/h2-10,18-19H,12H2,1H3,(H,28,30)(H,29,31)/t18-,19-/m1/s1. The van der Waals surface area contributed by atoms with Gasteiger partial charge in [-0.3, -0.25) is 14.4 Å². The van der Waals surface area contributed by atoms with Crippen LogP contribution in [0.3, 0.4) is 0 Å². The maximum absolute atomic E-state index is 12.9. The fourth-order valence-electron chi connectivity index (χ4n) is 3.45. The van der Waals surface area contributed by atoms with Gasteiger partial charge < -0.3 is 15.4 Å². The Bertz CT molecular complexity index is 1180. The lowest BCUT2D eigenvalue weighted by Crippen LogP contribution is -2.44. The molecule has 0 aliphatic carbocycles. The normalized spacial score (nSPS) is 18.0. The summed E-state index contributed by atoms with van der Waals surface area (Å²) in [4.78, 5) is 37.4. The van der Waals surface area contributed by atoms with Gasteiger partial charge in [0.15, 0.2) is 0 Å². The zero-order valence-corrected chi connectivity index (χ0v) is 18.5. The van der Waals surface area contributed by atoms with E-state index in [0.29, 0.717) is 5.56 Å². The maximum Gasteiger partial charge on any atom is 0.416 e. The Morgan fingerprint density at radius 3 is 2.50 bits per heavy atom. The zero-order valence-electron chi connectivity index (χ0n) is 17.7. The van der Waals surface area contributed by atoms with Crippen molar-refractivity contribution in [3.8, 4) is 6.07 Å². The van der Waals surface area contributed by atoms with Crippen molar-refractivity contribution in [2.75, 3.05) is 18.2 Å². The third kappa shape index (κ3) is 5.58. The van der Waals surface area contributed by atoms with Gasteiger partial charge in [-0.1, -0.05) is 48.2 Å². The largest absolute Gasteiger partial charge is 0.468 e. The van der Waals surface area contributed by atoms with Crippen molar-refractivity contribution in [2.24, 2.45) is 5.92 Å². The number of alkyl halides is 3. The molecule has 2 atom stereocenters. The van der Waals surface area contributed by atoms with Gasteiger partial charge in [0.2, 0.25) is 11.8 Å². The SMILES string of the molecule is COC(=O)[C@H]1C(=O)NC(SCC(=O)Nc2cccc(C(F)(F)F)c2)=C(C#N)[C@H]1c1ccccc1. The lowest BCUT2D eigenvalue weighted by Gasteiger charge is -2.30. The molecular weight excluding hydrogens is 471 g/mol. The molecule has 7 nitrogen and oxygen atoms in total. The molecule has 34 heavy (non-hydrogen) atoms. The van der Waals surface area contributed by atoms with Crippen molar-refractivity contribution in [1.29, 1.82) is 5.26 Å². The van der Waals surface area contributed by atoms with E-state index in [1.54, 1.807) is 30.3 Å². The number of rotatable bonds is 6. The second kappa shape index (κ2) is 10.4. The molecular formula is C23H18F3N3O4S. The fraction of sp³-hybridized carbons (Fsp3) is 0.217. The summed E-state index contributed by atoms with van der Waals surface area (Å²) in [5.41, 5.74) is -0.351. The van der Waals surface area contributed by atoms with Gasteiger partial charge in [0, 0.05) is 11.6 Å². The predicted molar refractivity (Wildman–Crippen MR) is 118 cm³/mol. The predicted octanol–water partition coefficient (Wildman–Crippen LogP) is 3.82. The van der Waals surface area contributed by atoms with Crippen LogP contribution in [0.25, 0.3) is 0 Å². The average molecular weight is 489 g/mol. The molecule has 2 N–H and O–H groups in total. The molecule has 1 aliphatic rings. The van der Waals surface area contributed by atoms with Gasteiger partial charge in [-0.25, -0.2) is 0 Å². The number of hydrogen-bond acceptors (Lipinski definition) is 6. The van der Waals surface area contributed by atoms with Crippen LogP contribution in [0.5, 0.6) is 0 Å². The first-order valence-electron chi connectivity index (χ1n) is 9.83. The first-order valence-corrected chi connectivity index (χ1v) is 10.8. The van der Waals surface area contributed by atoms with E-state index in [1.165, 1.54) is 12.1 Å². The number of thioether (sulfide) groups is 1. The van der Waals surface area contributed by atoms with E-state index < -0.39 is 41.4 Å². The first kappa shape index (κ1) is 24.9. The molecule has 2 aromatic rings. The second-order valence-electron chi connectivity index (χ2n) is 7.15. The number of hydrogen-bond donors (Lipinski definition) is 2. The summed E-state index contributed by atoms with van der Waals surface area (Å²) < 4.78 is 43.4. The zero-order chi connectivity index (χ0) is 24.9. The van der Waals surface area contributed by atoms with Crippen LogP contribution in [-0.4, -0.2) is 30.6 Å².